The van der Waals surface area contributed by atoms with E-state index in [1.165, 1.54) is 10.6 Å². The highest BCUT2D eigenvalue weighted by molar-refractivity contribution is 5.92. The Hall–Kier alpha value is -1.43. The van der Waals surface area contributed by atoms with Crippen LogP contribution in [-0.2, 0) is 16.1 Å². The van der Waals surface area contributed by atoms with Gasteiger partial charge < -0.3 is 10.4 Å². The first-order valence-electron chi connectivity index (χ1n) is 6.12. The van der Waals surface area contributed by atoms with Crippen LogP contribution in [0, 0.1) is 0 Å². The van der Waals surface area contributed by atoms with Gasteiger partial charge in [0.25, 0.3) is 0 Å². The molecule has 1 atom stereocenters. The van der Waals surface area contributed by atoms with Gasteiger partial charge in [0.15, 0.2) is 0 Å². The van der Waals surface area contributed by atoms with Crippen molar-refractivity contribution < 1.29 is 14.7 Å². The zero-order chi connectivity index (χ0) is 13.0. The fraction of sp³-hybridized carbons (Fsp3) is 0.462. The summed E-state index contributed by atoms with van der Waals surface area (Å²) in [7, 11) is 0. The molecule has 2 rings (SSSR count). The van der Waals surface area contributed by atoms with Gasteiger partial charge in [-0.3, -0.25) is 9.63 Å². The average molecular weight is 250 g/mol. The molecule has 1 saturated heterocycles. The summed E-state index contributed by atoms with van der Waals surface area (Å²) in [6, 6.07) is 7.75. The summed E-state index contributed by atoms with van der Waals surface area (Å²) in [4.78, 5) is 16.8. The molecular formula is C13H18N2O3. The molecule has 0 spiro atoms. The van der Waals surface area contributed by atoms with E-state index in [9.17, 15) is 9.90 Å². The molecule has 1 aromatic carbocycles. The molecule has 1 aromatic rings. The molecule has 1 aliphatic rings. The van der Waals surface area contributed by atoms with Crippen molar-refractivity contribution in [3.05, 3.63) is 29.8 Å². The van der Waals surface area contributed by atoms with Crippen LogP contribution in [-0.4, -0.2) is 41.9 Å². The van der Waals surface area contributed by atoms with Gasteiger partial charge in [-0.15, -0.1) is 0 Å². The molecule has 5 nitrogen and oxygen atoms in total. The number of anilines is 1. The van der Waals surface area contributed by atoms with Crippen LogP contribution in [0.5, 0.6) is 0 Å². The number of hydroxylamine groups is 2. The molecule has 0 saturated carbocycles. The molecular weight excluding hydrogens is 232 g/mol. The predicted octanol–water partition coefficient (Wildman–Crippen LogP) is 0.796. The van der Waals surface area contributed by atoms with Crippen LogP contribution in [0.4, 0.5) is 5.69 Å². The first-order chi connectivity index (χ1) is 8.67. The molecule has 18 heavy (non-hydrogen) atoms. The van der Waals surface area contributed by atoms with Crippen LogP contribution in [0.2, 0.25) is 0 Å². The number of nitrogens with zero attached hydrogens (tertiary/aromatic N) is 1. The molecule has 0 radical (unpaired) electrons. The Bertz CT molecular complexity index is 405. The molecule has 1 fully saturated rings. The van der Waals surface area contributed by atoms with E-state index in [0.29, 0.717) is 6.54 Å². The van der Waals surface area contributed by atoms with Crippen LogP contribution in [0.15, 0.2) is 24.3 Å². The molecule has 0 aliphatic carbocycles. The van der Waals surface area contributed by atoms with Crippen molar-refractivity contribution >= 4 is 11.6 Å². The van der Waals surface area contributed by atoms with E-state index in [1.54, 1.807) is 0 Å². The minimum atomic E-state index is -0.498. The van der Waals surface area contributed by atoms with Crippen LogP contribution < -0.4 is 5.32 Å². The lowest BCUT2D eigenvalue weighted by atomic mass is 10.1. The third-order valence-corrected chi connectivity index (χ3v) is 2.83. The predicted molar refractivity (Wildman–Crippen MR) is 68.0 cm³/mol. The standard InChI is InChI=1S/C13H18N2O3/c1-2-10-3-5-11(6-4-10)14-13(17)8-15-7-12(16)9-18-15/h3-6,12,16H,2,7-9H2,1H3,(H,14,17)/t12-/m1/s1. The number of β-amino-alcohol motifs (C(OH)–C–C–N with tert-alkyl or cyclic N) is 1. The van der Waals surface area contributed by atoms with Crippen molar-refractivity contribution in [3.8, 4) is 0 Å². The van der Waals surface area contributed by atoms with Crippen molar-refractivity contribution in [3.63, 3.8) is 0 Å². The third kappa shape index (κ3) is 3.53. The second-order valence-electron chi connectivity index (χ2n) is 4.37. The number of hydrogen-bond donors (Lipinski definition) is 2. The van der Waals surface area contributed by atoms with Crippen LogP contribution >= 0.6 is 0 Å². The van der Waals surface area contributed by atoms with Gasteiger partial charge in [-0.1, -0.05) is 19.1 Å². The maximum absolute atomic E-state index is 11.7. The van der Waals surface area contributed by atoms with E-state index >= 15 is 0 Å². The normalized spacial score (nSPS) is 20.0. The number of aliphatic hydroxyl groups excluding tert-OH is 1. The Balaban J connectivity index is 1.83. The van der Waals surface area contributed by atoms with Gasteiger partial charge in [-0.25, -0.2) is 0 Å². The lowest BCUT2D eigenvalue weighted by molar-refractivity contribution is -0.138. The van der Waals surface area contributed by atoms with E-state index in [4.69, 9.17) is 4.84 Å². The summed E-state index contributed by atoms with van der Waals surface area (Å²) >= 11 is 0. The Morgan fingerprint density at radius 1 is 1.50 bits per heavy atom. The van der Waals surface area contributed by atoms with Gasteiger partial charge in [0.05, 0.1) is 19.3 Å². The van der Waals surface area contributed by atoms with Gasteiger partial charge in [0.1, 0.15) is 6.54 Å². The van der Waals surface area contributed by atoms with E-state index in [1.807, 2.05) is 24.3 Å². The van der Waals surface area contributed by atoms with E-state index in [-0.39, 0.29) is 19.1 Å². The average Bonchev–Trinajstić information content (AvgIpc) is 2.75. The molecule has 1 aliphatic heterocycles. The minimum absolute atomic E-state index is 0.132. The Morgan fingerprint density at radius 3 is 2.78 bits per heavy atom. The van der Waals surface area contributed by atoms with Crippen LogP contribution in [0.25, 0.3) is 0 Å². The van der Waals surface area contributed by atoms with Crippen molar-refractivity contribution in [2.75, 3.05) is 25.0 Å². The summed E-state index contributed by atoms with van der Waals surface area (Å²) in [5, 5.41) is 13.5. The number of aryl methyl sites for hydroxylation is 1. The van der Waals surface area contributed by atoms with Gasteiger partial charge in [0.2, 0.25) is 5.91 Å². The van der Waals surface area contributed by atoms with E-state index < -0.39 is 6.10 Å². The first-order valence-corrected chi connectivity index (χ1v) is 6.12. The molecule has 0 aromatic heterocycles. The first kappa shape index (κ1) is 13.0. The molecule has 98 valence electrons. The molecule has 1 amide bonds. The third-order valence-electron chi connectivity index (χ3n) is 2.83. The highest BCUT2D eigenvalue weighted by atomic mass is 16.7. The Kier molecular flexibility index (Phi) is 4.30. The zero-order valence-electron chi connectivity index (χ0n) is 10.4. The molecule has 1 heterocycles. The summed E-state index contributed by atoms with van der Waals surface area (Å²) in [6.07, 6.45) is 0.481. The maximum Gasteiger partial charge on any atom is 0.240 e. The Morgan fingerprint density at radius 2 is 2.22 bits per heavy atom. The maximum atomic E-state index is 11.7. The molecule has 2 N–H and O–H groups in total. The molecule has 0 bridgehead atoms. The van der Waals surface area contributed by atoms with Gasteiger partial charge >= 0.3 is 0 Å². The fourth-order valence-corrected chi connectivity index (χ4v) is 1.83. The van der Waals surface area contributed by atoms with Crippen molar-refractivity contribution in [2.24, 2.45) is 0 Å². The minimum Gasteiger partial charge on any atom is -0.389 e. The number of amides is 1. The van der Waals surface area contributed by atoms with Gasteiger partial charge in [-0.2, -0.15) is 5.06 Å². The lowest BCUT2D eigenvalue weighted by Crippen LogP contribution is -2.31. The number of aliphatic hydroxyl groups is 1. The zero-order valence-corrected chi connectivity index (χ0v) is 10.4. The lowest BCUT2D eigenvalue weighted by Gasteiger charge is -2.13. The highest BCUT2D eigenvalue weighted by Gasteiger charge is 2.23. The SMILES string of the molecule is CCc1ccc(NC(=O)CN2C[C@@H](O)CO2)cc1. The van der Waals surface area contributed by atoms with Gasteiger partial charge in [0, 0.05) is 5.69 Å². The van der Waals surface area contributed by atoms with Gasteiger partial charge in [-0.05, 0) is 24.1 Å². The Labute approximate surface area is 106 Å². The monoisotopic (exact) mass is 250 g/mol. The molecule has 5 heteroatoms. The summed E-state index contributed by atoms with van der Waals surface area (Å²) in [5.74, 6) is -0.145. The second-order valence-corrected chi connectivity index (χ2v) is 4.37. The summed E-state index contributed by atoms with van der Waals surface area (Å²) in [5.41, 5.74) is 2.01. The number of nitrogens with one attached hydrogen (secondary N) is 1. The molecule has 0 unspecified atom stereocenters. The van der Waals surface area contributed by atoms with Crippen molar-refractivity contribution in [1.29, 1.82) is 0 Å². The van der Waals surface area contributed by atoms with Crippen LogP contribution in [0.3, 0.4) is 0 Å². The second kappa shape index (κ2) is 5.95. The topological polar surface area (TPSA) is 61.8 Å². The largest absolute Gasteiger partial charge is 0.389 e. The summed E-state index contributed by atoms with van der Waals surface area (Å²) in [6.45, 7) is 2.86. The van der Waals surface area contributed by atoms with E-state index in [0.717, 1.165) is 12.1 Å². The van der Waals surface area contributed by atoms with Crippen molar-refractivity contribution in [1.82, 2.24) is 5.06 Å². The van der Waals surface area contributed by atoms with Crippen LogP contribution in [0.1, 0.15) is 12.5 Å². The smallest absolute Gasteiger partial charge is 0.240 e. The van der Waals surface area contributed by atoms with E-state index in [2.05, 4.69) is 12.2 Å². The number of rotatable bonds is 4. The number of carbonyl (C=O) groups is 1. The fourth-order valence-electron chi connectivity index (χ4n) is 1.83. The number of benzene rings is 1. The number of hydrogen-bond acceptors (Lipinski definition) is 4. The summed E-state index contributed by atoms with van der Waals surface area (Å²) < 4.78 is 0. The van der Waals surface area contributed by atoms with Crippen molar-refractivity contribution in [2.45, 2.75) is 19.4 Å². The number of carbonyl (C=O) groups excluding carboxylic acids is 1. The highest BCUT2D eigenvalue weighted by Crippen LogP contribution is 2.11. The quantitative estimate of drug-likeness (QED) is 0.829.